The molecular weight excluding hydrogens is 961 g/mol. The molecule has 0 heterocycles. The average Bonchev–Trinajstić information content (AvgIpc) is 3.44. The second-order valence-corrected chi connectivity index (χ2v) is 23.4. The number of hydrogen-bond donors (Lipinski definition) is 0. The van der Waals surface area contributed by atoms with Crippen molar-refractivity contribution in [1.29, 1.82) is 0 Å². The maximum Gasteiger partial charge on any atom is 0.306 e. The molecule has 0 fully saturated rings. The number of esters is 3. The van der Waals surface area contributed by atoms with Gasteiger partial charge in [-0.25, -0.2) is 0 Å². The number of rotatable bonds is 64. The number of carbonyl (C=O) groups excluding carboxylic acids is 3. The highest BCUT2D eigenvalue weighted by atomic mass is 16.6. The van der Waals surface area contributed by atoms with Crippen molar-refractivity contribution < 1.29 is 28.6 Å². The lowest BCUT2D eigenvalue weighted by atomic mass is 10.0. The van der Waals surface area contributed by atoms with Gasteiger partial charge < -0.3 is 14.2 Å². The van der Waals surface area contributed by atoms with Gasteiger partial charge in [0, 0.05) is 19.3 Å². The molecule has 0 saturated heterocycles. The lowest BCUT2D eigenvalue weighted by Gasteiger charge is -2.18. The second-order valence-electron chi connectivity index (χ2n) is 23.4. The fraction of sp³-hybridized carbons (Fsp3) is 0.847. The molecule has 0 aliphatic heterocycles. The van der Waals surface area contributed by atoms with Gasteiger partial charge in [-0.05, 0) is 77.0 Å². The largest absolute Gasteiger partial charge is 0.462 e. The Labute approximate surface area is 486 Å². The molecule has 0 aliphatic rings. The molecule has 0 aromatic heterocycles. The summed E-state index contributed by atoms with van der Waals surface area (Å²) < 4.78 is 16.9. The number of hydrogen-bond acceptors (Lipinski definition) is 6. The van der Waals surface area contributed by atoms with E-state index in [1.165, 1.54) is 250 Å². The summed E-state index contributed by atoms with van der Waals surface area (Å²) in [6.45, 7) is 6.62. The summed E-state index contributed by atoms with van der Waals surface area (Å²) in [5, 5.41) is 0. The number of carbonyl (C=O) groups is 3. The van der Waals surface area contributed by atoms with Crippen molar-refractivity contribution in [2.45, 2.75) is 380 Å². The van der Waals surface area contributed by atoms with Crippen LogP contribution in [-0.2, 0) is 28.6 Å². The number of ether oxygens (including phenoxy) is 3. The first-order valence-corrected chi connectivity index (χ1v) is 34.6. The van der Waals surface area contributed by atoms with Crippen LogP contribution in [0.1, 0.15) is 374 Å². The molecule has 0 spiro atoms. The lowest BCUT2D eigenvalue weighted by Crippen LogP contribution is -2.30. The first-order chi connectivity index (χ1) is 38.5. The smallest absolute Gasteiger partial charge is 0.306 e. The quantitative estimate of drug-likeness (QED) is 0.0261. The van der Waals surface area contributed by atoms with Gasteiger partial charge in [-0.2, -0.15) is 0 Å². The second kappa shape index (κ2) is 66.9. The summed E-state index contributed by atoms with van der Waals surface area (Å²) in [5.41, 5.74) is 0. The van der Waals surface area contributed by atoms with E-state index >= 15 is 0 Å². The Morgan fingerprint density at radius 2 is 0.487 bits per heavy atom. The standard InChI is InChI=1S/C72H132O6/c1-4-7-10-13-16-19-22-24-26-28-30-32-34-36-38-40-42-44-46-48-50-53-56-59-62-65-71(74)77-68-69(67-76-70(73)64-61-58-55-52-21-18-15-12-9-6-3)78-72(75)66-63-60-57-54-51-49-47-45-43-41-39-37-35-33-31-29-27-25-23-20-17-14-11-8-5-2/h12,15,22,24,28,30,34,36,69H,4-11,13-14,16-21,23,25-27,29,31-33,35,37-68H2,1-3H3/b15-12-,24-22-,30-28-,36-34-. The molecule has 0 aromatic rings. The van der Waals surface area contributed by atoms with Gasteiger partial charge in [0.2, 0.25) is 0 Å². The van der Waals surface area contributed by atoms with E-state index in [-0.39, 0.29) is 31.1 Å². The first kappa shape index (κ1) is 75.4. The van der Waals surface area contributed by atoms with Gasteiger partial charge in [0.05, 0.1) is 0 Å². The Bertz CT molecular complexity index is 1350. The number of unbranched alkanes of at least 4 members (excludes halogenated alkanes) is 45. The van der Waals surface area contributed by atoms with Crippen molar-refractivity contribution in [1.82, 2.24) is 0 Å². The summed E-state index contributed by atoms with van der Waals surface area (Å²) in [6.07, 6.45) is 84.3. The van der Waals surface area contributed by atoms with E-state index in [1.807, 2.05) is 0 Å². The SMILES string of the molecule is CCC/C=C\CCCCCCCC(=O)OCC(COC(=O)CCCCCCCCCCCC/C=C\C/C=C\C/C=C\CCCCCCC)OC(=O)CCCCCCCCCCCCCCCCCCCCCCCCCCC. The number of allylic oxidation sites excluding steroid dienone is 8. The Morgan fingerprint density at radius 1 is 0.256 bits per heavy atom. The summed E-state index contributed by atoms with van der Waals surface area (Å²) in [5.74, 6) is -0.866. The van der Waals surface area contributed by atoms with Crippen molar-refractivity contribution in [3.05, 3.63) is 48.6 Å². The molecule has 6 heteroatoms. The van der Waals surface area contributed by atoms with Crippen LogP contribution in [0.25, 0.3) is 0 Å². The van der Waals surface area contributed by atoms with Crippen LogP contribution in [-0.4, -0.2) is 37.2 Å². The average molecular weight is 1090 g/mol. The van der Waals surface area contributed by atoms with E-state index < -0.39 is 6.10 Å². The highest BCUT2D eigenvalue weighted by molar-refractivity contribution is 5.71. The van der Waals surface area contributed by atoms with E-state index in [2.05, 4.69) is 69.4 Å². The third-order valence-corrected chi connectivity index (χ3v) is 15.5. The van der Waals surface area contributed by atoms with E-state index in [0.717, 1.165) is 83.5 Å². The van der Waals surface area contributed by atoms with Crippen LogP contribution in [0.2, 0.25) is 0 Å². The van der Waals surface area contributed by atoms with Gasteiger partial charge >= 0.3 is 17.9 Å². The van der Waals surface area contributed by atoms with E-state index in [0.29, 0.717) is 19.3 Å². The predicted octanol–water partition coefficient (Wildman–Crippen LogP) is 23.7. The van der Waals surface area contributed by atoms with Gasteiger partial charge in [-0.3, -0.25) is 14.4 Å². The molecule has 0 amide bonds. The molecule has 1 unspecified atom stereocenters. The van der Waals surface area contributed by atoms with E-state index in [9.17, 15) is 14.4 Å². The topological polar surface area (TPSA) is 78.9 Å². The van der Waals surface area contributed by atoms with Crippen molar-refractivity contribution in [2.75, 3.05) is 13.2 Å². The molecule has 1 atom stereocenters. The Hall–Kier alpha value is -2.63. The molecule has 456 valence electrons. The highest BCUT2D eigenvalue weighted by Crippen LogP contribution is 2.18. The van der Waals surface area contributed by atoms with Crippen molar-refractivity contribution in [3.63, 3.8) is 0 Å². The Morgan fingerprint density at radius 3 is 0.782 bits per heavy atom. The van der Waals surface area contributed by atoms with Crippen LogP contribution in [0.4, 0.5) is 0 Å². The van der Waals surface area contributed by atoms with E-state index in [4.69, 9.17) is 14.2 Å². The van der Waals surface area contributed by atoms with Gasteiger partial charge in [0.15, 0.2) is 6.10 Å². The molecular formula is C72H132O6. The van der Waals surface area contributed by atoms with Crippen LogP contribution in [0.3, 0.4) is 0 Å². The van der Waals surface area contributed by atoms with Crippen molar-refractivity contribution in [2.24, 2.45) is 0 Å². The normalized spacial score (nSPS) is 12.3. The summed E-state index contributed by atoms with van der Waals surface area (Å²) in [4.78, 5) is 38.3. The Kier molecular flexibility index (Phi) is 64.6. The van der Waals surface area contributed by atoms with Gasteiger partial charge in [-0.1, -0.05) is 326 Å². The van der Waals surface area contributed by atoms with Crippen LogP contribution in [0.5, 0.6) is 0 Å². The first-order valence-electron chi connectivity index (χ1n) is 34.6. The highest BCUT2D eigenvalue weighted by Gasteiger charge is 2.19. The fourth-order valence-electron chi connectivity index (χ4n) is 10.3. The third kappa shape index (κ3) is 64.2. The molecule has 0 saturated carbocycles. The molecule has 0 aliphatic carbocycles. The maximum absolute atomic E-state index is 12.9. The maximum atomic E-state index is 12.9. The van der Waals surface area contributed by atoms with E-state index in [1.54, 1.807) is 0 Å². The molecule has 0 N–H and O–H groups in total. The van der Waals surface area contributed by atoms with Crippen LogP contribution in [0, 0.1) is 0 Å². The monoisotopic (exact) mass is 1090 g/mol. The molecule has 0 bridgehead atoms. The van der Waals surface area contributed by atoms with Gasteiger partial charge in [0.1, 0.15) is 13.2 Å². The van der Waals surface area contributed by atoms with Crippen LogP contribution >= 0.6 is 0 Å². The predicted molar refractivity (Wildman–Crippen MR) is 339 cm³/mol. The molecule has 6 nitrogen and oxygen atoms in total. The molecule has 0 aromatic carbocycles. The molecule has 0 rings (SSSR count). The van der Waals surface area contributed by atoms with Crippen LogP contribution in [0.15, 0.2) is 48.6 Å². The lowest BCUT2D eigenvalue weighted by molar-refractivity contribution is -0.167. The van der Waals surface area contributed by atoms with Gasteiger partial charge in [-0.15, -0.1) is 0 Å². The van der Waals surface area contributed by atoms with Crippen LogP contribution < -0.4 is 0 Å². The summed E-state index contributed by atoms with van der Waals surface area (Å²) in [6, 6.07) is 0. The van der Waals surface area contributed by atoms with Crippen molar-refractivity contribution >= 4 is 17.9 Å². The zero-order valence-electron chi connectivity index (χ0n) is 52.5. The zero-order valence-corrected chi connectivity index (χ0v) is 52.5. The summed E-state index contributed by atoms with van der Waals surface area (Å²) in [7, 11) is 0. The summed E-state index contributed by atoms with van der Waals surface area (Å²) >= 11 is 0. The van der Waals surface area contributed by atoms with Gasteiger partial charge in [0.25, 0.3) is 0 Å². The minimum atomic E-state index is -0.777. The minimum absolute atomic E-state index is 0.0743. The molecule has 78 heavy (non-hydrogen) atoms. The van der Waals surface area contributed by atoms with Crippen molar-refractivity contribution in [3.8, 4) is 0 Å². The fourth-order valence-corrected chi connectivity index (χ4v) is 10.3. The molecule has 0 radical (unpaired) electrons. The zero-order chi connectivity index (χ0) is 56.4. The third-order valence-electron chi connectivity index (χ3n) is 15.5. The minimum Gasteiger partial charge on any atom is -0.462 e. The Balaban J connectivity index is 4.17.